The normalized spacial score (nSPS) is 18.3. The van der Waals surface area contributed by atoms with Crippen LogP contribution in [0.3, 0.4) is 0 Å². The van der Waals surface area contributed by atoms with Crippen LogP contribution in [0, 0.1) is 5.92 Å². The molecular formula is C25H30ClN3O3. The van der Waals surface area contributed by atoms with Crippen molar-refractivity contribution in [2.24, 2.45) is 5.92 Å². The Morgan fingerprint density at radius 1 is 1.00 bits per heavy atom. The van der Waals surface area contributed by atoms with E-state index in [4.69, 9.17) is 16.3 Å². The molecule has 0 atom stereocenters. The molecule has 0 saturated carbocycles. The minimum absolute atomic E-state index is 0.0964. The van der Waals surface area contributed by atoms with Gasteiger partial charge in [0.15, 0.2) is 0 Å². The fourth-order valence-corrected chi connectivity index (χ4v) is 4.45. The number of likely N-dealkylation sites (tertiary alicyclic amines) is 1. The maximum Gasteiger partial charge on any atom is 0.255 e. The quantitative estimate of drug-likeness (QED) is 0.688. The summed E-state index contributed by atoms with van der Waals surface area (Å²) in [5, 5.41) is 6.77. The third kappa shape index (κ3) is 6.31. The summed E-state index contributed by atoms with van der Waals surface area (Å²) in [5.74, 6) is 0.137. The molecular weight excluding hydrogens is 426 g/mol. The molecule has 0 unspecified atom stereocenters. The average molecular weight is 456 g/mol. The second-order valence-electron chi connectivity index (χ2n) is 8.61. The summed E-state index contributed by atoms with van der Waals surface area (Å²) in [6.07, 6.45) is 3.58. The van der Waals surface area contributed by atoms with Gasteiger partial charge in [0.25, 0.3) is 5.91 Å². The van der Waals surface area contributed by atoms with Gasteiger partial charge in [0.05, 0.1) is 0 Å². The number of nitrogens with zero attached hydrogens (tertiary/aromatic N) is 1. The van der Waals surface area contributed by atoms with E-state index in [1.54, 1.807) is 24.3 Å². The summed E-state index contributed by atoms with van der Waals surface area (Å²) in [6, 6.07) is 15.0. The number of carbonyl (C=O) groups is 2. The Balaban J connectivity index is 1.25. The number of carbonyl (C=O) groups excluding carboxylic acids is 2. The second-order valence-corrected chi connectivity index (χ2v) is 9.04. The second kappa shape index (κ2) is 10.9. The van der Waals surface area contributed by atoms with Crippen molar-refractivity contribution in [1.82, 2.24) is 10.2 Å². The van der Waals surface area contributed by atoms with Crippen LogP contribution in [0.15, 0.2) is 48.5 Å². The third-order valence-electron chi connectivity index (χ3n) is 6.22. The molecule has 2 aromatic carbocycles. The highest BCUT2D eigenvalue weighted by Gasteiger charge is 2.27. The molecule has 2 heterocycles. The molecule has 2 N–H and O–H groups in total. The molecule has 7 heteroatoms. The van der Waals surface area contributed by atoms with E-state index < -0.39 is 0 Å². The van der Waals surface area contributed by atoms with Gasteiger partial charge >= 0.3 is 0 Å². The van der Waals surface area contributed by atoms with Crippen LogP contribution in [0.5, 0.6) is 0 Å². The van der Waals surface area contributed by atoms with Crippen molar-refractivity contribution in [3.63, 3.8) is 0 Å². The highest BCUT2D eigenvalue weighted by Crippen LogP contribution is 2.21. The molecule has 2 saturated heterocycles. The summed E-state index contributed by atoms with van der Waals surface area (Å²) >= 11 is 5.90. The standard InChI is InChI=1S/C25H30ClN3O3/c26-21-6-4-19(5-7-21)24(30)28-23-3-1-2-18(16-23)17-29-12-8-20(9-13-29)25(31)27-22-10-14-32-15-11-22/h1-7,16,20,22H,8-15,17H2,(H,27,31)(H,28,30). The lowest BCUT2D eigenvalue weighted by Gasteiger charge is -2.32. The molecule has 2 fully saturated rings. The van der Waals surface area contributed by atoms with Crippen LogP contribution in [0.1, 0.15) is 41.6 Å². The Bertz CT molecular complexity index is 920. The van der Waals surface area contributed by atoms with E-state index in [0.717, 1.165) is 69.8 Å². The fourth-order valence-electron chi connectivity index (χ4n) is 4.32. The smallest absolute Gasteiger partial charge is 0.255 e. The van der Waals surface area contributed by atoms with Crippen molar-refractivity contribution in [3.05, 3.63) is 64.7 Å². The van der Waals surface area contributed by atoms with E-state index in [2.05, 4.69) is 21.6 Å². The molecule has 2 aliphatic rings. The van der Waals surface area contributed by atoms with Crippen molar-refractivity contribution >= 4 is 29.1 Å². The maximum atomic E-state index is 12.6. The van der Waals surface area contributed by atoms with E-state index in [9.17, 15) is 9.59 Å². The van der Waals surface area contributed by atoms with Gasteiger partial charge in [-0.3, -0.25) is 14.5 Å². The summed E-state index contributed by atoms with van der Waals surface area (Å²) in [5.41, 5.74) is 2.48. The van der Waals surface area contributed by atoms with E-state index in [1.165, 1.54) is 0 Å². The first-order valence-corrected chi connectivity index (χ1v) is 11.7. The molecule has 6 nitrogen and oxygen atoms in total. The van der Waals surface area contributed by atoms with Gasteiger partial charge in [-0.1, -0.05) is 23.7 Å². The molecule has 0 bridgehead atoms. The molecule has 0 aliphatic carbocycles. The average Bonchev–Trinajstić information content (AvgIpc) is 2.81. The first-order chi connectivity index (χ1) is 15.6. The van der Waals surface area contributed by atoms with E-state index in [1.807, 2.05) is 18.2 Å². The Morgan fingerprint density at radius 3 is 2.44 bits per heavy atom. The van der Waals surface area contributed by atoms with Crippen LogP contribution < -0.4 is 10.6 Å². The third-order valence-corrected chi connectivity index (χ3v) is 6.48. The first kappa shape index (κ1) is 22.8. The zero-order valence-corrected chi connectivity index (χ0v) is 18.9. The molecule has 0 aromatic heterocycles. The predicted octanol–water partition coefficient (Wildman–Crippen LogP) is 4.10. The largest absolute Gasteiger partial charge is 0.381 e. The van der Waals surface area contributed by atoms with Gasteiger partial charge in [-0.15, -0.1) is 0 Å². The zero-order chi connectivity index (χ0) is 22.3. The van der Waals surface area contributed by atoms with Crippen LogP contribution in [0.4, 0.5) is 5.69 Å². The highest BCUT2D eigenvalue weighted by molar-refractivity contribution is 6.30. The highest BCUT2D eigenvalue weighted by atomic mass is 35.5. The summed E-state index contributed by atoms with van der Waals surface area (Å²) < 4.78 is 5.37. The van der Waals surface area contributed by atoms with Crippen LogP contribution >= 0.6 is 11.6 Å². The number of rotatable bonds is 6. The van der Waals surface area contributed by atoms with Gasteiger partial charge in [0.2, 0.25) is 5.91 Å². The first-order valence-electron chi connectivity index (χ1n) is 11.3. The molecule has 2 aliphatic heterocycles. The van der Waals surface area contributed by atoms with Crippen LogP contribution in [-0.2, 0) is 16.1 Å². The molecule has 0 spiro atoms. The zero-order valence-electron chi connectivity index (χ0n) is 18.2. The SMILES string of the molecule is O=C(Nc1cccc(CN2CCC(C(=O)NC3CCOCC3)CC2)c1)c1ccc(Cl)cc1. The van der Waals surface area contributed by atoms with Crippen molar-refractivity contribution < 1.29 is 14.3 Å². The number of piperidine rings is 1. The van der Waals surface area contributed by atoms with Gasteiger partial charge in [-0.05, 0) is 80.7 Å². The maximum absolute atomic E-state index is 12.6. The molecule has 0 radical (unpaired) electrons. The van der Waals surface area contributed by atoms with E-state index in [0.29, 0.717) is 10.6 Å². The topological polar surface area (TPSA) is 70.7 Å². The molecule has 4 rings (SSSR count). The molecule has 32 heavy (non-hydrogen) atoms. The summed E-state index contributed by atoms with van der Waals surface area (Å²) in [6.45, 7) is 4.07. The molecule has 2 aromatic rings. The lowest BCUT2D eigenvalue weighted by molar-refractivity contribution is -0.127. The minimum atomic E-state index is -0.157. The predicted molar refractivity (Wildman–Crippen MR) is 126 cm³/mol. The van der Waals surface area contributed by atoms with Crippen LogP contribution in [0.2, 0.25) is 5.02 Å². The van der Waals surface area contributed by atoms with E-state index in [-0.39, 0.29) is 23.8 Å². The lowest BCUT2D eigenvalue weighted by atomic mass is 9.94. The molecule has 170 valence electrons. The fraction of sp³-hybridized carbons (Fsp3) is 0.440. The monoisotopic (exact) mass is 455 g/mol. The number of hydrogen-bond acceptors (Lipinski definition) is 4. The number of benzene rings is 2. The number of hydrogen-bond donors (Lipinski definition) is 2. The lowest BCUT2D eigenvalue weighted by Crippen LogP contribution is -2.45. The number of halogens is 1. The van der Waals surface area contributed by atoms with Crippen molar-refractivity contribution in [3.8, 4) is 0 Å². The number of ether oxygens (including phenoxy) is 1. The van der Waals surface area contributed by atoms with E-state index >= 15 is 0 Å². The van der Waals surface area contributed by atoms with Crippen LogP contribution in [-0.4, -0.2) is 49.1 Å². The Kier molecular flexibility index (Phi) is 7.79. The van der Waals surface area contributed by atoms with Gasteiger partial charge < -0.3 is 15.4 Å². The number of nitrogens with one attached hydrogen (secondary N) is 2. The minimum Gasteiger partial charge on any atom is -0.381 e. The Hall–Kier alpha value is -2.41. The van der Waals surface area contributed by atoms with Gasteiger partial charge in [0.1, 0.15) is 0 Å². The number of anilines is 1. The Morgan fingerprint density at radius 2 is 1.72 bits per heavy atom. The number of amides is 2. The Labute approximate surface area is 194 Å². The summed E-state index contributed by atoms with van der Waals surface area (Å²) in [7, 11) is 0. The summed E-state index contributed by atoms with van der Waals surface area (Å²) in [4.78, 5) is 27.4. The van der Waals surface area contributed by atoms with Gasteiger partial charge in [-0.25, -0.2) is 0 Å². The molecule has 2 amide bonds. The van der Waals surface area contributed by atoms with Gasteiger partial charge in [-0.2, -0.15) is 0 Å². The van der Waals surface area contributed by atoms with Crippen molar-refractivity contribution in [2.75, 3.05) is 31.6 Å². The van der Waals surface area contributed by atoms with Crippen LogP contribution in [0.25, 0.3) is 0 Å². The van der Waals surface area contributed by atoms with Crippen molar-refractivity contribution in [1.29, 1.82) is 0 Å². The van der Waals surface area contributed by atoms with Gasteiger partial charge in [0, 0.05) is 48.0 Å². The van der Waals surface area contributed by atoms with Crippen molar-refractivity contribution in [2.45, 2.75) is 38.3 Å².